The van der Waals surface area contributed by atoms with E-state index in [2.05, 4.69) is 17.2 Å². The first kappa shape index (κ1) is 62.0. The van der Waals surface area contributed by atoms with E-state index in [1.165, 1.54) is 13.8 Å². The molecule has 0 aliphatic carbocycles. The van der Waals surface area contributed by atoms with E-state index in [9.17, 15) is 52.7 Å². The first-order valence-corrected chi connectivity index (χ1v) is 23.5. The molecule has 0 radical (unpaired) electrons. The molecule has 4 fully saturated rings. The number of ether oxygens (including phenoxy) is 17. The molecule has 4 aliphatic rings. The lowest BCUT2D eigenvalue weighted by Gasteiger charge is -2.50. The second kappa shape index (κ2) is 28.0. The van der Waals surface area contributed by atoms with Crippen LogP contribution in [0.15, 0.2) is 12.2 Å². The Kier molecular flexibility index (Phi) is 22.8. The van der Waals surface area contributed by atoms with Gasteiger partial charge in [-0.05, 0) is 13.3 Å². The highest BCUT2D eigenvalue weighted by atomic mass is 16.9. The Hall–Kier alpha value is -6.57. The quantitative estimate of drug-likeness (QED) is 0.0554. The minimum absolute atomic E-state index is 0.00199. The number of methoxy groups -OCH3 is 1. The third-order valence-corrected chi connectivity index (χ3v) is 11.0. The number of nitrogens with one attached hydrogen (secondary N) is 2. The molecule has 16 atom stereocenters. The smallest absolute Gasteiger partial charge is 0.407 e. The summed E-state index contributed by atoms with van der Waals surface area (Å²) in [6.45, 7) is 12.0. The van der Waals surface area contributed by atoms with E-state index in [1.807, 2.05) is 0 Å². The lowest BCUT2D eigenvalue weighted by atomic mass is 9.95. The first-order chi connectivity index (χ1) is 35.6. The predicted molar refractivity (Wildman–Crippen MR) is 240 cm³/mol. The number of alkyl carbamates (subject to hydrolysis) is 1. The summed E-state index contributed by atoms with van der Waals surface area (Å²) in [6, 6.07) is 0. The zero-order chi connectivity index (χ0) is 56.8. The molecule has 0 aromatic rings. The van der Waals surface area contributed by atoms with Crippen LogP contribution < -0.4 is 10.6 Å². The molecule has 4 aliphatic heterocycles. The van der Waals surface area contributed by atoms with Crippen LogP contribution in [0.1, 0.15) is 75.7 Å². The zero-order valence-electron chi connectivity index (χ0n) is 43.5. The van der Waals surface area contributed by atoms with Crippen molar-refractivity contribution in [3.05, 3.63) is 12.2 Å². The van der Waals surface area contributed by atoms with Crippen molar-refractivity contribution in [1.82, 2.24) is 10.6 Å². The molecule has 76 heavy (non-hydrogen) atoms. The van der Waals surface area contributed by atoms with Crippen molar-refractivity contribution >= 4 is 65.7 Å². The first-order valence-electron chi connectivity index (χ1n) is 23.5. The van der Waals surface area contributed by atoms with Crippen LogP contribution in [0.3, 0.4) is 0 Å². The molecule has 4 rings (SSSR count). The number of fused-ring (bicyclic) bond motifs is 1. The maximum Gasteiger partial charge on any atom is 0.407 e. The van der Waals surface area contributed by atoms with Crippen LogP contribution in [0.2, 0.25) is 0 Å². The van der Waals surface area contributed by atoms with Crippen LogP contribution in [0.5, 0.6) is 0 Å². The minimum Gasteiger partial charge on any atom is -0.465 e. The average molecular weight is 1090 g/mol. The summed E-state index contributed by atoms with van der Waals surface area (Å²) in [6.07, 6.45) is -27.5. The molecule has 7 unspecified atom stereocenters. The van der Waals surface area contributed by atoms with Gasteiger partial charge in [0, 0.05) is 81.0 Å². The van der Waals surface area contributed by atoms with Gasteiger partial charge in [-0.3, -0.25) is 43.2 Å². The number of esters is 9. The summed E-state index contributed by atoms with van der Waals surface area (Å²) < 4.78 is 98.0. The highest BCUT2D eigenvalue weighted by molar-refractivity contribution is 5.92. The maximum absolute atomic E-state index is 13.1. The molecule has 0 aromatic heterocycles. The molecule has 0 saturated carbocycles. The van der Waals surface area contributed by atoms with Crippen molar-refractivity contribution in [3.8, 4) is 0 Å². The summed E-state index contributed by atoms with van der Waals surface area (Å²) >= 11 is 0. The SMILES string of the molecule is C=C(C)C(=O)NCCCNC(=O)OC[C@H]1O[C@@H]2OC(C)(C(=O)OC)OC2C(OC(C)=O)[C@@H]1O[C@@H]1OC(COC(C)=O)[C@H](O[C@@H]2OC(COC(C)=O)[C@H](OC(C)=O)[C@H](OC(C)=O)C2OC(C)=O)[C@H](OC(C)=O)C1OC(C)=O. The number of carbonyl (C=O) groups is 11. The van der Waals surface area contributed by atoms with Crippen molar-refractivity contribution in [2.24, 2.45) is 0 Å². The topological polar surface area (TPSA) is 369 Å². The lowest BCUT2D eigenvalue weighted by Crippen LogP contribution is -2.68. The average Bonchev–Trinajstić information content (AvgIpc) is 3.66. The predicted octanol–water partition coefficient (Wildman–Crippen LogP) is -1.24. The van der Waals surface area contributed by atoms with Gasteiger partial charge in [0.05, 0.1) is 7.11 Å². The Morgan fingerprint density at radius 3 is 1.33 bits per heavy atom. The molecule has 0 aromatic carbocycles. The normalized spacial score (nSPS) is 31.5. The van der Waals surface area contributed by atoms with Gasteiger partial charge in [-0.25, -0.2) is 9.59 Å². The van der Waals surface area contributed by atoms with Gasteiger partial charge in [0.1, 0.15) is 50.3 Å². The molecule has 4 saturated heterocycles. The van der Waals surface area contributed by atoms with Crippen LogP contribution in [0.25, 0.3) is 0 Å². The van der Waals surface area contributed by atoms with Gasteiger partial charge < -0.3 is 91.2 Å². The second-order valence-corrected chi connectivity index (χ2v) is 17.4. The van der Waals surface area contributed by atoms with E-state index in [0.29, 0.717) is 0 Å². The minimum atomic E-state index is -2.20. The molecule has 0 spiro atoms. The van der Waals surface area contributed by atoms with Gasteiger partial charge in [0.2, 0.25) is 5.91 Å². The van der Waals surface area contributed by atoms with E-state index in [0.717, 1.165) is 62.5 Å². The fourth-order valence-electron chi connectivity index (χ4n) is 8.09. The molecule has 0 bridgehead atoms. The van der Waals surface area contributed by atoms with Gasteiger partial charge in [0.15, 0.2) is 61.6 Å². The van der Waals surface area contributed by atoms with E-state index in [-0.39, 0.29) is 25.1 Å². The maximum atomic E-state index is 13.1. The van der Waals surface area contributed by atoms with E-state index in [4.69, 9.17) is 80.5 Å². The molecular weight excluding hydrogens is 1030 g/mol. The van der Waals surface area contributed by atoms with Crippen molar-refractivity contribution in [2.45, 2.75) is 174 Å². The molecule has 4 heterocycles. The largest absolute Gasteiger partial charge is 0.465 e. The van der Waals surface area contributed by atoms with E-state index < -0.39 is 183 Å². The Labute approximate surface area is 434 Å². The number of carbonyl (C=O) groups excluding carboxylic acids is 11. The van der Waals surface area contributed by atoms with Gasteiger partial charge in [-0.2, -0.15) is 0 Å². The summed E-state index contributed by atoms with van der Waals surface area (Å²) in [5.74, 6) is -11.5. The summed E-state index contributed by atoms with van der Waals surface area (Å²) in [4.78, 5) is 139. The Morgan fingerprint density at radius 1 is 0.474 bits per heavy atom. The molecule has 30 heteroatoms. The van der Waals surface area contributed by atoms with Gasteiger partial charge in [0.25, 0.3) is 5.79 Å². The highest BCUT2D eigenvalue weighted by Crippen LogP contribution is 2.42. The van der Waals surface area contributed by atoms with Crippen LogP contribution in [0.4, 0.5) is 4.79 Å². The van der Waals surface area contributed by atoms with Crippen LogP contribution in [-0.2, 0) is 128 Å². The number of hydrogen-bond donors (Lipinski definition) is 2. The van der Waals surface area contributed by atoms with E-state index >= 15 is 0 Å². The summed E-state index contributed by atoms with van der Waals surface area (Å²) in [7, 11) is 1.04. The molecular formula is C46H64N2O28. The standard InChI is InChI=1S/C46H64N2O28/c1-19(2)40(57)47-14-13-15-48-45(59)63-18-30-33(36(67-25(8)54)39-43(72-30)76-46(11,75-39)44(58)60-12)74-42-38(69-27(10)56)35(66-24(7)53)32(29(71-42)17-62-21(4)50)73-41-37(68-26(9)55)34(65-23(6)52)31(64-22(5)51)28(70-41)16-61-20(3)49/h28-39,41-43H,1,13-18H2,2-12H3,(H,47,57)(H,48,59)/t28?,29?,30-,31+,32+,33-,34+,35+,36?,37?,38?,39?,41+,42+,43-,46?/m1/s1. The van der Waals surface area contributed by atoms with Crippen LogP contribution in [-0.4, -0.2) is 204 Å². The number of hydrogen-bond acceptors (Lipinski definition) is 28. The molecule has 30 nitrogen and oxygen atoms in total. The zero-order valence-corrected chi connectivity index (χ0v) is 43.5. The number of rotatable bonds is 22. The highest BCUT2D eigenvalue weighted by Gasteiger charge is 2.63. The van der Waals surface area contributed by atoms with Gasteiger partial charge >= 0.3 is 59.8 Å². The molecule has 2 N–H and O–H groups in total. The molecule has 2 amide bonds. The van der Waals surface area contributed by atoms with Crippen LogP contribution in [0, 0.1) is 0 Å². The van der Waals surface area contributed by atoms with Crippen molar-refractivity contribution in [1.29, 1.82) is 0 Å². The summed E-state index contributed by atoms with van der Waals surface area (Å²) in [5, 5.41) is 5.10. The van der Waals surface area contributed by atoms with E-state index in [1.54, 1.807) is 0 Å². The lowest BCUT2D eigenvalue weighted by molar-refractivity contribution is -0.375. The van der Waals surface area contributed by atoms with Crippen molar-refractivity contribution in [2.75, 3.05) is 40.0 Å². The Balaban J connectivity index is 1.84. The fraction of sp³-hybridized carbons (Fsp3) is 0.717. The monoisotopic (exact) mass is 1090 g/mol. The van der Waals surface area contributed by atoms with Gasteiger partial charge in [-0.15, -0.1) is 0 Å². The van der Waals surface area contributed by atoms with Crippen LogP contribution >= 0.6 is 0 Å². The van der Waals surface area contributed by atoms with Gasteiger partial charge in [-0.1, -0.05) is 6.58 Å². The third kappa shape index (κ3) is 17.5. The fourth-order valence-corrected chi connectivity index (χ4v) is 8.09. The van der Waals surface area contributed by atoms with Crippen molar-refractivity contribution in [3.63, 3.8) is 0 Å². The number of amides is 2. The Morgan fingerprint density at radius 2 is 0.868 bits per heavy atom. The third-order valence-electron chi connectivity index (χ3n) is 11.0. The Bertz CT molecular complexity index is 2170. The van der Waals surface area contributed by atoms with Crippen molar-refractivity contribution < 1.29 is 133 Å². The summed E-state index contributed by atoms with van der Waals surface area (Å²) in [5.41, 5.74) is 0.269. The molecule has 426 valence electrons. The second-order valence-electron chi connectivity index (χ2n) is 17.4.